The molecule has 0 saturated heterocycles. The molecule has 0 atom stereocenters. The summed E-state index contributed by atoms with van der Waals surface area (Å²) in [5.41, 5.74) is 5.85. The number of hydrogen-bond acceptors (Lipinski definition) is 6. The van der Waals surface area contributed by atoms with Crippen molar-refractivity contribution in [3.8, 4) is 0 Å². The van der Waals surface area contributed by atoms with Gasteiger partial charge in [0.1, 0.15) is 0 Å². The molecule has 0 aromatic heterocycles. The Hall–Kier alpha value is 0.540. The summed E-state index contributed by atoms with van der Waals surface area (Å²) in [6.45, 7) is 0. The Morgan fingerprint density at radius 3 is 1.23 bits per heavy atom. The molecule has 114 valence electrons. The quantitative estimate of drug-likeness (QED) is 0.425. The molecule has 2 aromatic rings. The van der Waals surface area contributed by atoms with Gasteiger partial charge in [-0.2, -0.15) is 0 Å². The SMILES string of the molecule is c1c2cc3cc1CSSc1cc(cc(c1)CSS3)CSSC2. The minimum absolute atomic E-state index is 1.08. The van der Waals surface area contributed by atoms with Gasteiger partial charge in [0.15, 0.2) is 0 Å². The Morgan fingerprint density at radius 2 is 0.818 bits per heavy atom. The van der Waals surface area contributed by atoms with Crippen molar-refractivity contribution in [3.05, 3.63) is 58.7 Å². The molecule has 22 heavy (non-hydrogen) atoms. The third-order valence-electron chi connectivity index (χ3n) is 3.35. The van der Waals surface area contributed by atoms with E-state index in [1.54, 1.807) is 0 Å². The van der Waals surface area contributed by atoms with Crippen LogP contribution in [0.5, 0.6) is 0 Å². The molecule has 0 amide bonds. The molecule has 0 radical (unpaired) electrons. The molecule has 5 rings (SSSR count). The van der Waals surface area contributed by atoms with E-state index >= 15 is 0 Å². The van der Waals surface area contributed by atoms with E-state index in [0.29, 0.717) is 0 Å². The van der Waals surface area contributed by atoms with Crippen molar-refractivity contribution in [1.82, 2.24) is 0 Å². The van der Waals surface area contributed by atoms with Gasteiger partial charge in [0.05, 0.1) is 0 Å². The number of rotatable bonds is 0. The lowest BCUT2D eigenvalue weighted by molar-refractivity contribution is 1.26. The van der Waals surface area contributed by atoms with Crippen LogP contribution in [0.15, 0.2) is 46.2 Å². The van der Waals surface area contributed by atoms with E-state index in [2.05, 4.69) is 36.4 Å². The molecule has 3 heterocycles. The van der Waals surface area contributed by atoms with Crippen LogP contribution in [0.4, 0.5) is 0 Å². The zero-order valence-electron chi connectivity index (χ0n) is 11.7. The van der Waals surface area contributed by atoms with Gasteiger partial charge in [-0.3, -0.25) is 0 Å². The maximum atomic E-state index is 2.39. The van der Waals surface area contributed by atoms with Gasteiger partial charge < -0.3 is 0 Å². The third kappa shape index (κ3) is 4.14. The van der Waals surface area contributed by atoms with E-state index in [9.17, 15) is 0 Å². The largest absolute Gasteiger partial charge is 0.0890 e. The molecule has 2 aromatic carbocycles. The molecule has 0 fully saturated rings. The summed E-state index contributed by atoms with van der Waals surface area (Å²) in [4.78, 5) is 2.81. The molecule has 0 N–H and O–H groups in total. The van der Waals surface area contributed by atoms with E-state index in [1.165, 1.54) is 32.0 Å². The van der Waals surface area contributed by atoms with E-state index in [1.807, 2.05) is 64.8 Å². The van der Waals surface area contributed by atoms with Crippen LogP contribution >= 0.6 is 64.8 Å². The first kappa shape index (κ1) is 16.0. The maximum Gasteiger partial charge on any atom is 0.0292 e. The fourth-order valence-electron chi connectivity index (χ4n) is 2.44. The number of fused-ring (bicyclic) bond motifs is 7. The molecule has 0 saturated carbocycles. The van der Waals surface area contributed by atoms with Gasteiger partial charge in [0.2, 0.25) is 0 Å². The van der Waals surface area contributed by atoms with Crippen molar-refractivity contribution in [2.75, 3.05) is 0 Å². The normalized spacial score (nSPS) is 18.0. The Balaban J connectivity index is 1.77. The highest BCUT2D eigenvalue weighted by Crippen LogP contribution is 2.42. The lowest BCUT2D eigenvalue weighted by Gasteiger charge is -2.11. The number of hydrogen-bond donors (Lipinski definition) is 0. The second-order valence-electron chi connectivity index (χ2n) is 5.19. The maximum absolute atomic E-state index is 2.39. The fourth-order valence-corrected chi connectivity index (χ4v) is 8.88. The Morgan fingerprint density at radius 1 is 0.455 bits per heavy atom. The van der Waals surface area contributed by atoms with Crippen LogP contribution in [0.3, 0.4) is 0 Å². The van der Waals surface area contributed by atoms with Crippen LogP contribution in [-0.2, 0) is 23.0 Å². The van der Waals surface area contributed by atoms with Crippen LogP contribution in [0, 0.1) is 0 Å². The molecular weight excluding hydrogens is 385 g/mol. The summed E-state index contributed by atoms with van der Waals surface area (Å²) in [7, 11) is 11.7. The van der Waals surface area contributed by atoms with E-state index in [0.717, 1.165) is 23.0 Å². The summed E-state index contributed by atoms with van der Waals surface area (Å²) < 4.78 is 0. The monoisotopic (exact) mass is 398 g/mol. The molecular formula is C16H14S6. The summed E-state index contributed by atoms with van der Waals surface area (Å²) in [6, 6.07) is 14.3. The van der Waals surface area contributed by atoms with Crippen molar-refractivity contribution in [1.29, 1.82) is 0 Å². The molecule has 0 unspecified atom stereocenters. The molecule has 6 heteroatoms. The average Bonchev–Trinajstić information content (AvgIpc) is 2.51. The molecule has 3 aliphatic heterocycles. The molecule has 3 aliphatic rings. The second-order valence-corrected chi connectivity index (χ2v) is 12.4. The topological polar surface area (TPSA) is 0 Å². The minimum Gasteiger partial charge on any atom is -0.0890 e. The molecule has 0 aliphatic carbocycles. The first-order chi connectivity index (χ1) is 10.8. The zero-order valence-corrected chi connectivity index (χ0v) is 16.6. The van der Waals surface area contributed by atoms with Crippen LogP contribution < -0.4 is 0 Å². The second kappa shape index (κ2) is 7.62. The highest BCUT2D eigenvalue weighted by atomic mass is 33.1. The molecule has 0 nitrogen and oxygen atoms in total. The zero-order chi connectivity index (χ0) is 14.8. The molecule has 6 bridgehead atoms. The third-order valence-corrected chi connectivity index (χ3v) is 10.2. The van der Waals surface area contributed by atoms with E-state index in [4.69, 9.17) is 0 Å². The number of benzene rings is 2. The molecule has 0 spiro atoms. The van der Waals surface area contributed by atoms with Crippen molar-refractivity contribution in [2.24, 2.45) is 0 Å². The van der Waals surface area contributed by atoms with E-state index in [-0.39, 0.29) is 0 Å². The Bertz CT molecular complexity index is 580. The van der Waals surface area contributed by atoms with Gasteiger partial charge in [0.25, 0.3) is 0 Å². The average molecular weight is 399 g/mol. The Kier molecular flexibility index (Phi) is 5.55. The van der Waals surface area contributed by atoms with Crippen molar-refractivity contribution < 1.29 is 0 Å². The standard InChI is InChI=1S/C16H14S6/c1-11-3-15-5-13(1)9-19-22-16-4-12(8-18-17-7-11)2-14(6-16)10-20-21-15/h1-6H,7-10H2. The summed E-state index contributed by atoms with van der Waals surface area (Å²) in [6.07, 6.45) is 0. The van der Waals surface area contributed by atoms with Crippen LogP contribution in [-0.4, -0.2) is 0 Å². The van der Waals surface area contributed by atoms with Gasteiger partial charge in [-0.1, -0.05) is 76.9 Å². The van der Waals surface area contributed by atoms with Crippen LogP contribution in [0.1, 0.15) is 22.3 Å². The Labute approximate surface area is 155 Å². The summed E-state index contributed by atoms with van der Waals surface area (Å²) in [5.74, 6) is 4.35. The van der Waals surface area contributed by atoms with E-state index < -0.39 is 0 Å². The highest BCUT2D eigenvalue weighted by Gasteiger charge is 2.10. The highest BCUT2D eigenvalue weighted by molar-refractivity contribution is 8.77. The van der Waals surface area contributed by atoms with Gasteiger partial charge in [-0.15, -0.1) is 0 Å². The van der Waals surface area contributed by atoms with Gasteiger partial charge in [-0.05, 0) is 46.5 Å². The predicted octanol–water partition coefficient (Wildman–Crippen LogP) is 7.28. The first-order valence-corrected chi connectivity index (χ1v) is 14.1. The fraction of sp³-hybridized carbons (Fsp3) is 0.250. The van der Waals surface area contributed by atoms with Crippen molar-refractivity contribution in [3.63, 3.8) is 0 Å². The lowest BCUT2D eigenvalue weighted by atomic mass is 10.2. The van der Waals surface area contributed by atoms with Gasteiger partial charge in [-0.25, -0.2) is 0 Å². The summed E-state index contributed by atoms with van der Waals surface area (Å²) >= 11 is 0. The lowest BCUT2D eigenvalue weighted by Crippen LogP contribution is -1.88. The van der Waals surface area contributed by atoms with Gasteiger partial charge >= 0.3 is 0 Å². The summed E-state index contributed by atoms with van der Waals surface area (Å²) in [5, 5.41) is 0. The van der Waals surface area contributed by atoms with Crippen LogP contribution in [0.25, 0.3) is 0 Å². The smallest absolute Gasteiger partial charge is 0.0292 e. The van der Waals surface area contributed by atoms with Crippen molar-refractivity contribution in [2.45, 2.75) is 32.8 Å². The van der Waals surface area contributed by atoms with Crippen LogP contribution in [0.2, 0.25) is 0 Å². The predicted molar refractivity (Wildman–Crippen MR) is 110 cm³/mol. The van der Waals surface area contributed by atoms with Crippen molar-refractivity contribution >= 4 is 64.8 Å². The van der Waals surface area contributed by atoms with Gasteiger partial charge in [0, 0.05) is 32.8 Å². The minimum atomic E-state index is 1.08. The first-order valence-electron chi connectivity index (χ1n) is 6.94.